The Morgan fingerprint density at radius 1 is 1.75 bits per heavy atom. The van der Waals surface area contributed by atoms with Crippen LogP contribution in [0.3, 0.4) is 0 Å². The van der Waals surface area contributed by atoms with Crippen LogP contribution in [0.2, 0.25) is 0 Å². The number of hydrogen-bond acceptors (Lipinski definition) is 5. The van der Waals surface area contributed by atoms with Gasteiger partial charge in [-0.15, -0.1) is 0 Å². The molecule has 0 aromatic carbocycles. The molecule has 5 nitrogen and oxygen atoms in total. The second-order valence-corrected chi connectivity index (χ2v) is 2.34. The standard InChI is InChI=1S/C7H16N2O3/c1-12-7(11)6(5-8)9-3-2-4-10/h6,9-10H,2-5,8H2,1H3. The second-order valence-electron chi connectivity index (χ2n) is 2.34. The number of nitrogens with two attached hydrogens (primary N) is 1. The first kappa shape index (κ1) is 11.4. The normalized spacial score (nSPS) is 12.6. The first-order chi connectivity index (χ1) is 5.76. The van der Waals surface area contributed by atoms with Crippen LogP contribution in [0.1, 0.15) is 6.42 Å². The topological polar surface area (TPSA) is 84.6 Å². The lowest BCUT2D eigenvalue weighted by Gasteiger charge is -2.13. The summed E-state index contributed by atoms with van der Waals surface area (Å²) in [5.74, 6) is -0.365. The molecule has 0 amide bonds. The van der Waals surface area contributed by atoms with Crippen molar-refractivity contribution in [3.8, 4) is 0 Å². The van der Waals surface area contributed by atoms with Crippen LogP contribution < -0.4 is 11.1 Å². The van der Waals surface area contributed by atoms with Crippen molar-refractivity contribution in [3.05, 3.63) is 0 Å². The molecule has 0 fully saturated rings. The zero-order valence-corrected chi connectivity index (χ0v) is 7.25. The number of carbonyl (C=O) groups excluding carboxylic acids is 1. The van der Waals surface area contributed by atoms with Crippen molar-refractivity contribution in [2.24, 2.45) is 5.73 Å². The fraction of sp³-hybridized carbons (Fsp3) is 0.857. The van der Waals surface area contributed by atoms with Crippen LogP contribution in [0.15, 0.2) is 0 Å². The minimum Gasteiger partial charge on any atom is -0.468 e. The largest absolute Gasteiger partial charge is 0.468 e. The Bertz CT molecular complexity index is 130. The lowest BCUT2D eigenvalue weighted by atomic mass is 10.3. The van der Waals surface area contributed by atoms with Crippen LogP contribution in [0.5, 0.6) is 0 Å². The third-order valence-corrected chi connectivity index (χ3v) is 1.45. The van der Waals surface area contributed by atoms with E-state index in [9.17, 15) is 4.79 Å². The summed E-state index contributed by atoms with van der Waals surface area (Å²) >= 11 is 0. The predicted octanol–water partition coefficient (Wildman–Crippen LogP) is -1.54. The van der Waals surface area contributed by atoms with E-state index in [0.29, 0.717) is 13.0 Å². The number of ether oxygens (including phenoxy) is 1. The zero-order valence-electron chi connectivity index (χ0n) is 7.25. The van der Waals surface area contributed by atoms with Crippen LogP contribution in [0, 0.1) is 0 Å². The molecule has 0 bridgehead atoms. The summed E-state index contributed by atoms with van der Waals surface area (Å²) in [5.41, 5.74) is 5.31. The maximum Gasteiger partial charge on any atom is 0.324 e. The molecule has 0 saturated carbocycles. The fourth-order valence-electron chi connectivity index (χ4n) is 0.761. The number of nitrogens with one attached hydrogen (secondary N) is 1. The van der Waals surface area contributed by atoms with Crippen LogP contribution in [0.25, 0.3) is 0 Å². The molecule has 72 valence electrons. The molecule has 0 rings (SSSR count). The van der Waals surface area contributed by atoms with Gasteiger partial charge in [0.05, 0.1) is 7.11 Å². The summed E-state index contributed by atoms with van der Waals surface area (Å²) in [4.78, 5) is 10.9. The molecular formula is C7H16N2O3. The Labute approximate surface area is 71.9 Å². The highest BCUT2D eigenvalue weighted by molar-refractivity contribution is 5.75. The smallest absolute Gasteiger partial charge is 0.324 e. The molecule has 1 atom stereocenters. The van der Waals surface area contributed by atoms with E-state index in [1.165, 1.54) is 7.11 Å². The van der Waals surface area contributed by atoms with Gasteiger partial charge in [-0.1, -0.05) is 0 Å². The van der Waals surface area contributed by atoms with E-state index in [4.69, 9.17) is 10.8 Å². The molecule has 0 radical (unpaired) electrons. The van der Waals surface area contributed by atoms with Crippen molar-refractivity contribution in [2.75, 3.05) is 26.8 Å². The van der Waals surface area contributed by atoms with Gasteiger partial charge in [-0.25, -0.2) is 0 Å². The first-order valence-electron chi connectivity index (χ1n) is 3.88. The number of rotatable bonds is 6. The highest BCUT2D eigenvalue weighted by Gasteiger charge is 2.15. The van der Waals surface area contributed by atoms with Crippen LogP contribution in [-0.4, -0.2) is 43.9 Å². The quantitative estimate of drug-likeness (QED) is 0.337. The van der Waals surface area contributed by atoms with Crippen LogP contribution in [0.4, 0.5) is 0 Å². The van der Waals surface area contributed by atoms with Crippen LogP contribution in [-0.2, 0) is 9.53 Å². The summed E-state index contributed by atoms with van der Waals surface area (Å²) in [6.07, 6.45) is 0.605. The Morgan fingerprint density at radius 3 is 2.83 bits per heavy atom. The third-order valence-electron chi connectivity index (χ3n) is 1.45. The maximum absolute atomic E-state index is 10.9. The van der Waals surface area contributed by atoms with E-state index >= 15 is 0 Å². The van der Waals surface area contributed by atoms with E-state index < -0.39 is 6.04 Å². The molecule has 0 aromatic rings. The van der Waals surface area contributed by atoms with Crippen molar-refractivity contribution in [3.63, 3.8) is 0 Å². The van der Waals surface area contributed by atoms with E-state index in [-0.39, 0.29) is 19.1 Å². The van der Waals surface area contributed by atoms with Crippen molar-refractivity contribution in [2.45, 2.75) is 12.5 Å². The molecule has 1 unspecified atom stereocenters. The van der Waals surface area contributed by atoms with E-state index in [0.717, 1.165) is 0 Å². The summed E-state index contributed by atoms with van der Waals surface area (Å²) in [6.45, 7) is 0.872. The predicted molar refractivity (Wildman–Crippen MR) is 44.6 cm³/mol. The molecule has 0 spiro atoms. The van der Waals surface area contributed by atoms with Crippen molar-refractivity contribution in [1.82, 2.24) is 5.32 Å². The molecule has 0 aliphatic rings. The van der Waals surface area contributed by atoms with E-state index in [1.54, 1.807) is 0 Å². The Morgan fingerprint density at radius 2 is 2.42 bits per heavy atom. The number of hydrogen-bond donors (Lipinski definition) is 3. The third kappa shape index (κ3) is 4.27. The molecule has 0 aliphatic heterocycles. The zero-order chi connectivity index (χ0) is 9.40. The van der Waals surface area contributed by atoms with Gasteiger partial charge in [0.15, 0.2) is 0 Å². The molecule has 4 N–H and O–H groups in total. The van der Waals surface area contributed by atoms with Gasteiger partial charge in [-0.2, -0.15) is 0 Å². The molecule has 0 heterocycles. The Balaban J connectivity index is 3.60. The van der Waals surface area contributed by atoms with Gasteiger partial charge in [0.2, 0.25) is 0 Å². The van der Waals surface area contributed by atoms with Gasteiger partial charge in [0.25, 0.3) is 0 Å². The molecule has 0 aliphatic carbocycles. The summed E-state index contributed by atoms with van der Waals surface area (Å²) in [5, 5.41) is 11.3. The Hall–Kier alpha value is -0.650. The second kappa shape index (κ2) is 7.02. The average Bonchev–Trinajstić information content (AvgIpc) is 2.11. The molecular weight excluding hydrogens is 160 g/mol. The first-order valence-corrected chi connectivity index (χ1v) is 3.88. The minimum absolute atomic E-state index is 0.103. The van der Waals surface area contributed by atoms with Gasteiger partial charge in [0.1, 0.15) is 6.04 Å². The summed E-state index contributed by atoms with van der Waals surface area (Å²) in [7, 11) is 1.32. The maximum atomic E-state index is 10.9. The molecule has 0 aromatic heterocycles. The van der Waals surface area contributed by atoms with Crippen molar-refractivity contribution < 1.29 is 14.6 Å². The van der Waals surface area contributed by atoms with E-state index in [2.05, 4.69) is 10.1 Å². The van der Waals surface area contributed by atoms with E-state index in [1.807, 2.05) is 0 Å². The highest BCUT2D eigenvalue weighted by Crippen LogP contribution is 1.85. The molecule has 12 heavy (non-hydrogen) atoms. The Kier molecular flexibility index (Phi) is 6.64. The van der Waals surface area contributed by atoms with Crippen LogP contribution >= 0.6 is 0 Å². The molecule has 0 saturated heterocycles. The van der Waals surface area contributed by atoms with Gasteiger partial charge in [0, 0.05) is 13.2 Å². The number of methoxy groups -OCH3 is 1. The van der Waals surface area contributed by atoms with Gasteiger partial charge >= 0.3 is 5.97 Å². The van der Waals surface area contributed by atoms with Gasteiger partial charge < -0.3 is 20.9 Å². The van der Waals surface area contributed by atoms with Gasteiger partial charge in [-0.3, -0.25) is 4.79 Å². The lowest BCUT2D eigenvalue weighted by molar-refractivity contribution is -0.142. The SMILES string of the molecule is COC(=O)C(CN)NCCCO. The lowest BCUT2D eigenvalue weighted by Crippen LogP contribution is -2.43. The summed E-state index contributed by atoms with van der Waals surface area (Å²) in [6, 6.07) is -0.457. The highest BCUT2D eigenvalue weighted by atomic mass is 16.5. The monoisotopic (exact) mass is 176 g/mol. The van der Waals surface area contributed by atoms with Crippen molar-refractivity contribution in [1.29, 1.82) is 0 Å². The fourth-order valence-corrected chi connectivity index (χ4v) is 0.761. The number of aliphatic hydroxyl groups is 1. The number of aliphatic hydroxyl groups excluding tert-OH is 1. The number of esters is 1. The molecule has 5 heteroatoms. The minimum atomic E-state index is -0.457. The van der Waals surface area contributed by atoms with Gasteiger partial charge in [-0.05, 0) is 13.0 Å². The number of carbonyl (C=O) groups is 1. The average molecular weight is 176 g/mol. The summed E-state index contributed by atoms with van der Waals surface area (Å²) < 4.78 is 4.49. The van der Waals surface area contributed by atoms with Crippen molar-refractivity contribution >= 4 is 5.97 Å².